The van der Waals surface area contributed by atoms with Crippen LogP contribution in [0.5, 0.6) is 0 Å². The molecule has 0 spiro atoms. The predicted molar refractivity (Wildman–Crippen MR) is 79.7 cm³/mol. The Labute approximate surface area is 121 Å². The van der Waals surface area contributed by atoms with Crippen LogP contribution >= 0.6 is 11.6 Å². The van der Waals surface area contributed by atoms with E-state index in [9.17, 15) is 4.79 Å². The maximum Gasteiger partial charge on any atom is 0.255 e. The summed E-state index contributed by atoms with van der Waals surface area (Å²) in [5, 5.41) is 12.0. The van der Waals surface area contributed by atoms with Crippen LogP contribution in [-0.4, -0.2) is 5.91 Å². The maximum absolute atomic E-state index is 12.1. The molecule has 0 radical (unpaired) electrons. The first-order valence-corrected chi connectivity index (χ1v) is 6.25. The Morgan fingerprint density at radius 2 is 2.05 bits per heavy atom. The second-order valence-electron chi connectivity index (χ2n) is 4.39. The number of aryl methyl sites for hydroxylation is 1. The third-order valence-electron chi connectivity index (χ3n) is 2.73. The second-order valence-corrected chi connectivity index (χ2v) is 4.82. The summed E-state index contributed by atoms with van der Waals surface area (Å²) in [6.45, 7) is 1.86. The normalized spacial score (nSPS) is 9.85. The molecule has 4 nitrogen and oxygen atoms in total. The lowest BCUT2D eigenvalue weighted by atomic mass is 10.1. The molecule has 0 saturated heterocycles. The number of rotatable bonds is 2. The number of hydrogen-bond donors (Lipinski definition) is 2. The van der Waals surface area contributed by atoms with Crippen LogP contribution in [0.25, 0.3) is 0 Å². The molecule has 20 heavy (non-hydrogen) atoms. The smallest absolute Gasteiger partial charge is 0.255 e. The fraction of sp³-hybridized carbons (Fsp3) is 0.0667. The van der Waals surface area contributed by atoms with Crippen molar-refractivity contribution in [3.05, 3.63) is 58.1 Å². The number of hydrogen-bond acceptors (Lipinski definition) is 3. The highest BCUT2D eigenvalue weighted by molar-refractivity contribution is 6.31. The molecule has 0 fully saturated rings. The number of halogens is 1. The van der Waals surface area contributed by atoms with Crippen molar-refractivity contribution >= 4 is 28.9 Å². The molecule has 0 aromatic heterocycles. The Balaban J connectivity index is 2.26. The summed E-state index contributed by atoms with van der Waals surface area (Å²) in [5.41, 5.74) is 8.40. The van der Waals surface area contributed by atoms with Crippen LogP contribution in [0.2, 0.25) is 5.02 Å². The molecule has 0 aliphatic heterocycles. The minimum atomic E-state index is -0.299. The molecule has 0 bridgehead atoms. The number of anilines is 2. The summed E-state index contributed by atoms with van der Waals surface area (Å²) >= 11 is 5.93. The van der Waals surface area contributed by atoms with Crippen molar-refractivity contribution in [2.24, 2.45) is 0 Å². The standard InChI is InChI=1S/C15H12ClN3O/c1-9-4-11(7-12(16)5-9)15(20)19-14-3-2-10(8-17)6-13(14)18/h2-7H,18H2,1H3,(H,19,20). The van der Waals surface area contributed by atoms with Crippen LogP contribution in [-0.2, 0) is 0 Å². The van der Waals surface area contributed by atoms with E-state index in [1.807, 2.05) is 13.0 Å². The molecule has 3 N–H and O–H groups in total. The lowest BCUT2D eigenvalue weighted by Crippen LogP contribution is -2.13. The van der Waals surface area contributed by atoms with Crippen LogP contribution < -0.4 is 11.1 Å². The molecular weight excluding hydrogens is 274 g/mol. The summed E-state index contributed by atoms with van der Waals surface area (Å²) in [4.78, 5) is 12.1. The lowest BCUT2D eigenvalue weighted by molar-refractivity contribution is 0.102. The zero-order chi connectivity index (χ0) is 14.7. The molecule has 2 aromatic rings. The maximum atomic E-state index is 12.1. The molecule has 100 valence electrons. The van der Waals surface area contributed by atoms with Gasteiger partial charge in [0.15, 0.2) is 0 Å². The predicted octanol–water partition coefficient (Wildman–Crippen LogP) is 3.35. The molecular formula is C15H12ClN3O. The van der Waals surface area contributed by atoms with E-state index < -0.39 is 0 Å². The molecule has 0 atom stereocenters. The van der Waals surface area contributed by atoms with Crippen molar-refractivity contribution in [2.45, 2.75) is 6.92 Å². The van der Waals surface area contributed by atoms with Gasteiger partial charge in [0, 0.05) is 10.6 Å². The van der Waals surface area contributed by atoms with Gasteiger partial charge in [0.25, 0.3) is 5.91 Å². The zero-order valence-corrected chi connectivity index (χ0v) is 11.5. The summed E-state index contributed by atoms with van der Waals surface area (Å²) in [5.74, 6) is -0.299. The first kappa shape index (κ1) is 13.9. The minimum absolute atomic E-state index is 0.299. The first-order chi connectivity index (χ1) is 9.49. The SMILES string of the molecule is Cc1cc(Cl)cc(C(=O)Nc2ccc(C#N)cc2N)c1. The van der Waals surface area contributed by atoms with Gasteiger partial charge in [-0.2, -0.15) is 5.26 Å². The first-order valence-electron chi connectivity index (χ1n) is 5.88. The number of nitrogens with two attached hydrogens (primary N) is 1. The number of amides is 1. The van der Waals surface area contributed by atoms with E-state index in [2.05, 4.69) is 5.32 Å². The molecule has 2 aromatic carbocycles. The Bertz CT molecular complexity index is 699. The second kappa shape index (κ2) is 5.64. The number of nitrogen functional groups attached to an aromatic ring is 1. The Kier molecular flexibility index (Phi) is 3.92. The third-order valence-corrected chi connectivity index (χ3v) is 2.95. The van der Waals surface area contributed by atoms with Gasteiger partial charge >= 0.3 is 0 Å². The zero-order valence-electron chi connectivity index (χ0n) is 10.8. The van der Waals surface area contributed by atoms with E-state index in [1.165, 1.54) is 6.07 Å². The monoisotopic (exact) mass is 285 g/mol. The number of carbonyl (C=O) groups is 1. The molecule has 0 heterocycles. The summed E-state index contributed by atoms with van der Waals surface area (Å²) in [7, 11) is 0. The fourth-order valence-electron chi connectivity index (χ4n) is 1.81. The number of benzene rings is 2. The van der Waals surface area contributed by atoms with Crippen molar-refractivity contribution < 1.29 is 4.79 Å². The topological polar surface area (TPSA) is 78.9 Å². The van der Waals surface area contributed by atoms with Gasteiger partial charge in [-0.25, -0.2) is 0 Å². The molecule has 1 amide bonds. The third kappa shape index (κ3) is 3.08. The van der Waals surface area contributed by atoms with Gasteiger partial charge in [-0.3, -0.25) is 4.79 Å². The van der Waals surface area contributed by atoms with Crippen molar-refractivity contribution in [1.82, 2.24) is 0 Å². The van der Waals surface area contributed by atoms with Crippen LogP contribution in [0.4, 0.5) is 11.4 Å². The molecule has 0 unspecified atom stereocenters. The van der Waals surface area contributed by atoms with Crippen LogP contribution in [0.15, 0.2) is 36.4 Å². The van der Waals surface area contributed by atoms with Gasteiger partial charge < -0.3 is 11.1 Å². The molecule has 0 aliphatic carbocycles. The van der Waals surface area contributed by atoms with Crippen molar-refractivity contribution in [2.75, 3.05) is 11.1 Å². The lowest BCUT2D eigenvalue weighted by Gasteiger charge is -2.09. The number of carbonyl (C=O) groups excluding carboxylic acids is 1. The minimum Gasteiger partial charge on any atom is -0.397 e. The molecule has 0 aliphatic rings. The van der Waals surface area contributed by atoms with Gasteiger partial charge in [0.05, 0.1) is 23.0 Å². The van der Waals surface area contributed by atoms with Crippen LogP contribution in [0, 0.1) is 18.3 Å². The Hall–Kier alpha value is -2.51. The van der Waals surface area contributed by atoms with Crippen molar-refractivity contribution in [3.63, 3.8) is 0 Å². The van der Waals surface area contributed by atoms with E-state index >= 15 is 0 Å². The largest absolute Gasteiger partial charge is 0.397 e. The van der Waals surface area contributed by atoms with E-state index in [0.29, 0.717) is 27.5 Å². The average Bonchev–Trinajstić information content (AvgIpc) is 2.39. The van der Waals surface area contributed by atoms with Gasteiger partial charge in [0.1, 0.15) is 0 Å². The number of nitrogens with one attached hydrogen (secondary N) is 1. The van der Waals surface area contributed by atoms with Gasteiger partial charge in [0.2, 0.25) is 0 Å². The van der Waals surface area contributed by atoms with Gasteiger partial charge in [-0.15, -0.1) is 0 Å². The van der Waals surface area contributed by atoms with E-state index in [0.717, 1.165) is 5.56 Å². The summed E-state index contributed by atoms with van der Waals surface area (Å²) in [6, 6.07) is 11.8. The van der Waals surface area contributed by atoms with Crippen LogP contribution in [0.3, 0.4) is 0 Å². The highest BCUT2D eigenvalue weighted by atomic mass is 35.5. The van der Waals surface area contributed by atoms with Crippen molar-refractivity contribution in [3.8, 4) is 6.07 Å². The fourth-order valence-corrected chi connectivity index (χ4v) is 2.10. The van der Waals surface area contributed by atoms with Gasteiger partial charge in [-0.05, 0) is 48.9 Å². The summed E-state index contributed by atoms with van der Waals surface area (Å²) < 4.78 is 0. The van der Waals surface area contributed by atoms with Gasteiger partial charge in [-0.1, -0.05) is 11.6 Å². The molecule has 5 heteroatoms. The molecule has 2 rings (SSSR count). The molecule has 0 saturated carbocycles. The van der Waals surface area contributed by atoms with Crippen molar-refractivity contribution in [1.29, 1.82) is 5.26 Å². The Morgan fingerprint density at radius 1 is 1.30 bits per heavy atom. The van der Waals surface area contributed by atoms with E-state index in [4.69, 9.17) is 22.6 Å². The highest BCUT2D eigenvalue weighted by Crippen LogP contribution is 2.21. The average molecular weight is 286 g/mol. The highest BCUT2D eigenvalue weighted by Gasteiger charge is 2.10. The van der Waals surface area contributed by atoms with E-state index in [-0.39, 0.29) is 5.91 Å². The number of nitriles is 1. The van der Waals surface area contributed by atoms with E-state index in [1.54, 1.807) is 30.3 Å². The summed E-state index contributed by atoms with van der Waals surface area (Å²) in [6.07, 6.45) is 0. The number of nitrogens with zero attached hydrogens (tertiary/aromatic N) is 1. The quantitative estimate of drug-likeness (QED) is 0.831. The Morgan fingerprint density at radius 3 is 2.65 bits per heavy atom. The van der Waals surface area contributed by atoms with Crippen LogP contribution in [0.1, 0.15) is 21.5 Å².